The van der Waals surface area contributed by atoms with Gasteiger partial charge in [-0.2, -0.15) is 12.7 Å². The maximum absolute atomic E-state index is 13.4. The smallest absolute Gasteiger partial charge is 0.304 e. The number of ether oxygens (including phenoxy) is 1. The molecule has 0 radical (unpaired) electrons. The second kappa shape index (κ2) is 12.5. The molecule has 9 nitrogen and oxygen atoms in total. The predicted molar refractivity (Wildman–Crippen MR) is 166 cm³/mol. The number of aromatic nitrogens is 1. The van der Waals surface area contributed by atoms with Crippen LogP contribution in [0.3, 0.4) is 0 Å². The number of hydrogen-bond acceptors (Lipinski definition) is 6. The highest BCUT2D eigenvalue weighted by atomic mass is 32.2. The van der Waals surface area contributed by atoms with Gasteiger partial charge in [0.25, 0.3) is 5.91 Å². The summed E-state index contributed by atoms with van der Waals surface area (Å²) >= 11 is 0. The van der Waals surface area contributed by atoms with Gasteiger partial charge in [0.15, 0.2) is 0 Å². The molecular weight excluding hydrogens is 550 g/mol. The molecular formula is C32H43N5O4S. The highest BCUT2D eigenvalue weighted by Gasteiger charge is 2.31. The molecule has 0 bridgehead atoms. The first-order chi connectivity index (χ1) is 20.3. The third kappa shape index (κ3) is 6.01. The highest BCUT2D eigenvalue weighted by molar-refractivity contribution is 7.87. The Morgan fingerprint density at radius 3 is 2.52 bits per heavy atom. The summed E-state index contributed by atoms with van der Waals surface area (Å²) in [5.74, 6) is -0.131. The third-order valence-corrected chi connectivity index (χ3v) is 10.6. The van der Waals surface area contributed by atoms with Crippen molar-refractivity contribution in [2.24, 2.45) is 0 Å². The first kappa shape index (κ1) is 29.3. The first-order valence-corrected chi connectivity index (χ1v) is 16.8. The summed E-state index contributed by atoms with van der Waals surface area (Å²) in [6, 6.07) is 14.5. The van der Waals surface area contributed by atoms with Crippen molar-refractivity contribution >= 4 is 27.0 Å². The Labute approximate surface area is 249 Å². The number of carbonyl (C=O) groups is 1. The summed E-state index contributed by atoms with van der Waals surface area (Å²) in [4.78, 5) is 18.1. The topological polar surface area (TPSA) is 87.1 Å². The molecule has 42 heavy (non-hydrogen) atoms. The zero-order chi connectivity index (χ0) is 29.3. The second-order valence-corrected chi connectivity index (χ2v) is 13.8. The quantitative estimate of drug-likeness (QED) is 0.445. The van der Waals surface area contributed by atoms with Crippen molar-refractivity contribution in [1.29, 1.82) is 0 Å². The lowest BCUT2D eigenvalue weighted by molar-refractivity contribution is 0.0719. The minimum Gasteiger partial charge on any atom is -0.379 e. The van der Waals surface area contributed by atoms with Gasteiger partial charge in [-0.3, -0.25) is 9.69 Å². The summed E-state index contributed by atoms with van der Waals surface area (Å²) in [6.45, 7) is 5.69. The molecule has 1 aromatic heterocycles. The van der Waals surface area contributed by atoms with E-state index in [1.807, 2.05) is 6.07 Å². The van der Waals surface area contributed by atoms with Crippen LogP contribution in [0.15, 0.2) is 42.5 Å². The molecule has 2 fully saturated rings. The highest BCUT2D eigenvalue weighted by Crippen LogP contribution is 2.45. The van der Waals surface area contributed by atoms with E-state index in [2.05, 4.69) is 63.5 Å². The third-order valence-electron chi connectivity index (χ3n) is 9.08. The van der Waals surface area contributed by atoms with Crippen molar-refractivity contribution in [3.8, 4) is 11.3 Å². The lowest BCUT2D eigenvalue weighted by Gasteiger charge is -2.30. The number of likely N-dealkylation sites (N-methyl/N-ethyl adjacent to an activating group) is 1. The number of fused-ring (bicyclic) bond motifs is 5. The van der Waals surface area contributed by atoms with Crippen LogP contribution < -0.4 is 4.72 Å². The SMILES string of the molecule is CN(C)CCN1CCn2c(c(C3CCCCC3)c3ccc(C(=O)NS(=O)(=O)N4CCOCC4)cc32)-c2ccccc2C1. The fourth-order valence-corrected chi connectivity index (χ4v) is 7.97. The van der Waals surface area contributed by atoms with Crippen LogP contribution in [-0.4, -0.2) is 93.0 Å². The molecule has 1 saturated carbocycles. The molecule has 0 spiro atoms. The van der Waals surface area contributed by atoms with Crippen molar-refractivity contribution in [2.75, 3.05) is 60.0 Å². The molecule has 1 N–H and O–H groups in total. The summed E-state index contributed by atoms with van der Waals surface area (Å²) in [5, 5.41) is 1.18. The standard InChI is InChI=1S/C32H43N5O4S/c1-34(2)14-15-35-16-17-37-29-22-25(32(38)33-42(39,40)36-18-20-41-21-19-36)12-13-28(29)30(24-8-4-3-5-9-24)31(37)27-11-7-6-10-26(27)23-35/h6-7,10-13,22,24H,3-5,8-9,14-21,23H2,1-2H3,(H,33,38). The zero-order valence-electron chi connectivity index (χ0n) is 24.8. The van der Waals surface area contributed by atoms with Crippen molar-refractivity contribution in [2.45, 2.75) is 51.1 Å². The largest absolute Gasteiger partial charge is 0.379 e. The number of rotatable bonds is 7. The van der Waals surface area contributed by atoms with E-state index in [0.717, 1.165) is 38.2 Å². The van der Waals surface area contributed by atoms with Crippen LogP contribution in [0.5, 0.6) is 0 Å². The molecule has 226 valence electrons. The van der Waals surface area contributed by atoms with E-state index < -0.39 is 16.1 Å². The summed E-state index contributed by atoms with van der Waals surface area (Å²) < 4.78 is 37.2. The van der Waals surface area contributed by atoms with E-state index in [1.54, 1.807) is 6.07 Å². The number of hydrogen-bond donors (Lipinski definition) is 1. The number of benzene rings is 2. The van der Waals surface area contributed by atoms with Gasteiger partial charge in [-0.15, -0.1) is 0 Å². The van der Waals surface area contributed by atoms with Crippen LogP contribution in [0.2, 0.25) is 0 Å². The maximum Gasteiger partial charge on any atom is 0.304 e. The lowest BCUT2D eigenvalue weighted by Crippen LogP contribution is -2.48. The number of morpholine rings is 1. The van der Waals surface area contributed by atoms with Gasteiger partial charge in [-0.1, -0.05) is 49.6 Å². The molecule has 1 saturated heterocycles. The Morgan fingerprint density at radius 2 is 1.76 bits per heavy atom. The van der Waals surface area contributed by atoms with Crippen LogP contribution in [0.4, 0.5) is 0 Å². The molecule has 3 aliphatic rings. The predicted octanol–water partition coefficient (Wildman–Crippen LogP) is 4.04. The number of carbonyl (C=O) groups excluding carboxylic acids is 1. The lowest BCUT2D eigenvalue weighted by atomic mass is 9.81. The summed E-state index contributed by atoms with van der Waals surface area (Å²) in [6.07, 6.45) is 6.09. The average Bonchev–Trinajstić information content (AvgIpc) is 3.31. The van der Waals surface area contributed by atoms with Crippen LogP contribution >= 0.6 is 0 Å². The van der Waals surface area contributed by atoms with E-state index in [0.29, 0.717) is 24.7 Å². The van der Waals surface area contributed by atoms with Gasteiger partial charge < -0.3 is 14.2 Å². The maximum atomic E-state index is 13.4. The van der Waals surface area contributed by atoms with Crippen molar-refractivity contribution < 1.29 is 17.9 Å². The zero-order valence-corrected chi connectivity index (χ0v) is 25.7. The van der Waals surface area contributed by atoms with Gasteiger partial charge in [0, 0.05) is 67.8 Å². The van der Waals surface area contributed by atoms with Crippen LogP contribution in [-0.2, 0) is 28.0 Å². The van der Waals surface area contributed by atoms with Gasteiger partial charge in [0.2, 0.25) is 0 Å². The van der Waals surface area contributed by atoms with Crippen LogP contribution in [0, 0.1) is 0 Å². The molecule has 0 atom stereocenters. The molecule has 10 heteroatoms. The molecule has 3 heterocycles. The van der Waals surface area contributed by atoms with E-state index in [4.69, 9.17) is 4.74 Å². The van der Waals surface area contributed by atoms with E-state index >= 15 is 0 Å². The number of nitrogens with zero attached hydrogens (tertiary/aromatic N) is 4. The number of amides is 1. The Bertz CT molecular complexity index is 1540. The van der Waals surface area contributed by atoms with Gasteiger partial charge in [0.05, 0.1) is 18.9 Å². The normalized spacial score (nSPS) is 19.3. The van der Waals surface area contributed by atoms with Crippen LogP contribution in [0.1, 0.15) is 59.5 Å². The molecule has 1 amide bonds. The molecule has 6 rings (SSSR count). The molecule has 1 aliphatic carbocycles. The van der Waals surface area contributed by atoms with Gasteiger partial charge in [-0.05, 0) is 56.1 Å². The van der Waals surface area contributed by atoms with Crippen molar-refractivity contribution in [1.82, 2.24) is 23.4 Å². The van der Waals surface area contributed by atoms with E-state index in [-0.39, 0.29) is 13.1 Å². The minimum atomic E-state index is -3.95. The second-order valence-electron chi connectivity index (χ2n) is 12.2. The average molecular weight is 594 g/mol. The van der Waals surface area contributed by atoms with Crippen molar-refractivity contribution in [3.63, 3.8) is 0 Å². The molecule has 3 aromatic rings. The van der Waals surface area contributed by atoms with Crippen LogP contribution in [0.25, 0.3) is 22.2 Å². The summed E-state index contributed by atoms with van der Waals surface area (Å²) in [5.41, 5.74) is 6.63. The Kier molecular flexibility index (Phi) is 8.70. The van der Waals surface area contributed by atoms with Gasteiger partial charge in [0.1, 0.15) is 0 Å². The Hall–Kier alpha value is -2.76. The van der Waals surface area contributed by atoms with E-state index in [9.17, 15) is 13.2 Å². The Morgan fingerprint density at radius 1 is 1.00 bits per heavy atom. The molecule has 2 aromatic carbocycles. The van der Waals surface area contributed by atoms with E-state index in [1.165, 1.54) is 64.2 Å². The first-order valence-electron chi connectivity index (χ1n) is 15.3. The Balaban J connectivity index is 1.44. The summed E-state index contributed by atoms with van der Waals surface area (Å²) in [7, 11) is 0.270. The van der Waals surface area contributed by atoms with Crippen molar-refractivity contribution in [3.05, 3.63) is 59.2 Å². The monoisotopic (exact) mass is 593 g/mol. The van der Waals surface area contributed by atoms with Gasteiger partial charge in [-0.25, -0.2) is 4.72 Å². The minimum absolute atomic E-state index is 0.238. The molecule has 2 aliphatic heterocycles. The van der Waals surface area contributed by atoms with Gasteiger partial charge >= 0.3 is 10.2 Å². The fourth-order valence-electron chi connectivity index (χ4n) is 6.86. The fraction of sp³-hybridized carbons (Fsp3) is 0.531. The number of nitrogens with one attached hydrogen (secondary N) is 1. The molecule has 0 unspecified atom stereocenters.